The molecule has 0 saturated heterocycles. The minimum Gasteiger partial charge on any atom is -0.493 e. The topological polar surface area (TPSA) is 30.5 Å². The molecule has 84 valence electrons. The summed E-state index contributed by atoms with van der Waals surface area (Å²) in [6, 6.07) is 4.13. The van der Waals surface area contributed by atoms with Crippen LogP contribution in [-0.2, 0) is 6.42 Å². The van der Waals surface area contributed by atoms with E-state index in [9.17, 15) is 0 Å². The lowest BCUT2D eigenvalue weighted by molar-refractivity contribution is 0.351. The molecule has 3 heteroatoms. The van der Waals surface area contributed by atoms with Crippen LogP contribution in [0.4, 0.5) is 0 Å². The number of likely N-dealkylation sites (N-methyl/N-ethyl adjacent to an activating group) is 1. The SMILES string of the molecule is CNCCc1cc(C)cc(OC)c1OC. The maximum atomic E-state index is 5.37. The molecule has 0 spiro atoms. The van der Waals surface area contributed by atoms with Gasteiger partial charge in [0.05, 0.1) is 14.2 Å². The Morgan fingerprint density at radius 3 is 2.47 bits per heavy atom. The molecule has 1 rings (SSSR count). The van der Waals surface area contributed by atoms with Crippen molar-refractivity contribution in [2.45, 2.75) is 13.3 Å². The summed E-state index contributed by atoms with van der Waals surface area (Å²) in [5, 5.41) is 3.13. The molecule has 0 saturated carbocycles. The van der Waals surface area contributed by atoms with E-state index in [1.807, 2.05) is 13.1 Å². The molecule has 3 nitrogen and oxygen atoms in total. The van der Waals surface area contributed by atoms with E-state index >= 15 is 0 Å². The first-order valence-corrected chi connectivity index (χ1v) is 5.09. The highest BCUT2D eigenvalue weighted by Crippen LogP contribution is 2.32. The number of aryl methyl sites for hydroxylation is 1. The van der Waals surface area contributed by atoms with Crippen molar-refractivity contribution >= 4 is 0 Å². The predicted molar refractivity (Wildman–Crippen MR) is 61.9 cm³/mol. The highest BCUT2D eigenvalue weighted by atomic mass is 16.5. The summed E-state index contributed by atoms with van der Waals surface area (Å²) in [6.45, 7) is 2.99. The van der Waals surface area contributed by atoms with Crippen LogP contribution in [0.3, 0.4) is 0 Å². The molecule has 1 aromatic carbocycles. The van der Waals surface area contributed by atoms with Crippen molar-refractivity contribution in [1.29, 1.82) is 0 Å². The van der Waals surface area contributed by atoms with E-state index in [1.165, 1.54) is 11.1 Å². The van der Waals surface area contributed by atoms with Crippen LogP contribution in [0.15, 0.2) is 12.1 Å². The Morgan fingerprint density at radius 1 is 1.20 bits per heavy atom. The Morgan fingerprint density at radius 2 is 1.93 bits per heavy atom. The van der Waals surface area contributed by atoms with E-state index in [0.717, 1.165) is 24.5 Å². The lowest BCUT2D eigenvalue weighted by atomic mass is 10.1. The molecule has 0 aromatic heterocycles. The first kappa shape index (κ1) is 11.9. The van der Waals surface area contributed by atoms with E-state index in [0.29, 0.717) is 0 Å². The highest BCUT2D eigenvalue weighted by molar-refractivity contribution is 5.49. The molecule has 0 unspecified atom stereocenters. The largest absolute Gasteiger partial charge is 0.493 e. The first-order chi connectivity index (χ1) is 7.22. The van der Waals surface area contributed by atoms with Gasteiger partial charge in [-0.2, -0.15) is 0 Å². The Kier molecular flexibility index (Phi) is 4.43. The van der Waals surface area contributed by atoms with Crippen molar-refractivity contribution in [2.75, 3.05) is 27.8 Å². The van der Waals surface area contributed by atoms with Gasteiger partial charge in [0.25, 0.3) is 0 Å². The normalized spacial score (nSPS) is 10.1. The van der Waals surface area contributed by atoms with Gasteiger partial charge < -0.3 is 14.8 Å². The summed E-state index contributed by atoms with van der Waals surface area (Å²) in [5.41, 5.74) is 2.38. The molecule has 0 aliphatic rings. The first-order valence-electron chi connectivity index (χ1n) is 5.09. The molecule has 0 heterocycles. The van der Waals surface area contributed by atoms with Crippen LogP contribution in [0.2, 0.25) is 0 Å². The second kappa shape index (κ2) is 5.61. The second-order valence-corrected chi connectivity index (χ2v) is 3.51. The van der Waals surface area contributed by atoms with Gasteiger partial charge in [0.2, 0.25) is 0 Å². The van der Waals surface area contributed by atoms with E-state index in [2.05, 4.69) is 18.3 Å². The molecule has 0 atom stereocenters. The smallest absolute Gasteiger partial charge is 0.163 e. The fraction of sp³-hybridized carbons (Fsp3) is 0.500. The van der Waals surface area contributed by atoms with Crippen LogP contribution >= 0.6 is 0 Å². The van der Waals surface area contributed by atoms with Gasteiger partial charge in [-0.1, -0.05) is 6.07 Å². The third-order valence-corrected chi connectivity index (χ3v) is 2.34. The Hall–Kier alpha value is -1.22. The van der Waals surface area contributed by atoms with Crippen LogP contribution in [0.25, 0.3) is 0 Å². The van der Waals surface area contributed by atoms with Crippen molar-refractivity contribution in [3.63, 3.8) is 0 Å². The van der Waals surface area contributed by atoms with E-state index in [-0.39, 0.29) is 0 Å². The van der Waals surface area contributed by atoms with Crippen molar-refractivity contribution in [3.05, 3.63) is 23.3 Å². The van der Waals surface area contributed by atoms with Crippen molar-refractivity contribution < 1.29 is 9.47 Å². The zero-order valence-electron chi connectivity index (χ0n) is 9.89. The number of methoxy groups -OCH3 is 2. The summed E-state index contributed by atoms with van der Waals surface area (Å²) in [6.07, 6.45) is 0.942. The van der Waals surface area contributed by atoms with Gasteiger partial charge >= 0.3 is 0 Å². The average molecular weight is 209 g/mol. The molecular weight excluding hydrogens is 190 g/mol. The third kappa shape index (κ3) is 2.86. The van der Waals surface area contributed by atoms with Crippen LogP contribution in [0.1, 0.15) is 11.1 Å². The van der Waals surface area contributed by atoms with Gasteiger partial charge in [0.15, 0.2) is 11.5 Å². The van der Waals surface area contributed by atoms with E-state index in [1.54, 1.807) is 14.2 Å². The molecule has 15 heavy (non-hydrogen) atoms. The number of nitrogens with one attached hydrogen (secondary N) is 1. The number of ether oxygens (including phenoxy) is 2. The summed E-state index contributed by atoms with van der Waals surface area (Å²) in [7, 11) is 5.29. The van der Waals surface area contributed by atoms with E-state index < -0.39 is 0 Å². The third-order valence-electron chi connectivity index (χ3n) is 2.34. The van der Waals surface area contributed by atoms with Crippen molar-refractivity contribution in [3.8, 4) is 11.5 Å². The van der Waals surface area contributed by atoms with Gasteiger partial charge in [-0.05, 0) is 44.1 Å². The van der Waals surface area contributed by atoms with Crippen LogP contribution in [0.5, 0.6) is 11.5 Å². The molecule has 0 aliphatic heterocycles. The average Bonchev–Trinajstić information content (AvgIpc) is 2.25. The minimum atomic E-state index is 0.809. The molecule has 1 N–H and O–H groups in total. The van der Waals surface area contributed by atoms with Crippen LogP contribution in [0, 0.1) is 6.92 Å². The number of benzene rings is 1. The molecule has 0 fully saturated rings. The maximum absolute atomic E-state index is 5.37. The van der Waals surface area contributed by atoms with E-state index in [4.69, 9.17) is 9.47 Å². The zero-order valence-corrected chi connectivity index (χ0v) is 9.89. The van der Waals surface area contributed by atoms with Crippen LogP contribution in [-0.4, -0.2) is 27.8 Å². The van der Waals surface area contributed by atoms with Crippen LogP contribution < -0.4 is 14.8 Å². The molecule has 0 amide bonds. The maximum Gasteiger partial charge on any atom is 0.163 e. The van der Waals surface area contributed by atoms with Crippen molar-refractivity contribution in [2.24, 2.45) is 0 Å². The van der Waals surface area contributed by atoms with Gasteiger partial charge in [0, 0.05) is 0 Å². The standard InChI is InChI=1S/C12H19NO2/c1-9-7-10(5-6-13-2)12(15-4)11(8-9)14-3/h7-8,13H,5-6H2,1-4H3. The molecule has 0 bridgehead atoms. The number of rotatable bonds is 5. The van der Waals surface area contributed by atoms with Gasteiger partial charge in [-0.15, -0.1) is 0 Å². The zero-order chi connectivity index (χ0) is 11.3. The Balaban J connectivity index is 3.05. The number of hydrogen-bond acceptors (Lipinski definition) is 3. The minimum absolute atomic E-state index is 0.809. The summed E-state index contributed by atoms with van der Waals surface area (Å²) in [4.78, 5) is 0. The molecule has 0 radical (unpaired) electrons. The fourth-order valence-electron chi connectivity index (χ4n) is 1.64. The fourth-order valence-corrected chi connectivity index (χ4v) is 1.64. The van der Waals surface area contributed by atoms with Gasteiger partial charge in [0.1, 0.15) is 0 Å². The van der Waals surface area contributed by atoms with Crippen molar-refractivity contribution in [1.82, 2.24) is 5.32 Å². The van der Waals surface area contributed by atoms with Gasteiger partial charge in [-0.25, -0.2) is 0 Å². The number of hydrogen-bond donors (Lipinski definition) is 1. The highest BCUT2D eigenvalue weighted by Gasteiger charge is 2.10. The molecular formula is C12H19NO2. The summed E-state index contributed by atoms with van der Waals surface area (Å²) in [5.74, 6) is 1.65. The quantitative estimate of drug-likeness (QED) is 0.801. The second-order valence-electron chi connectivity index (χ2n) is 3.51. The lowest BCUT2D eigenvalue weighted by Gasteiger charge is -2.13. The van der Waals surface area contributed by atoms with Gasteiger partial charge in [-0.3, -0.25) is 0 Å². The predicted octanol–water partition coefficient (Wildman–Crippen LogP) is 1.77. The monoisotopic (exact) mass is 209 g/mol. The summed E-state index contributed by atoms with van der Waals surface area (Å²) < 4.78 is 10.7. The Labute approximate surface area is 91.4 Å². The molecule has 1 aromatic rings. The Bertz CT molecular complexity index is 324. The molecule has 0 aliphatic carbocycles. The summed E-state index contributed by atoms with van der Waals surface area (Å²) >= 11 is 0. The lowest BCUT2D eigenvalue weighted by Crippen LogP contribution is -2.11.